The van der Waals surface area contributed by atoms with Gasteiger partial charge in [-0.2, -0.15) is 15.1 Å². The summed E-state index contributed by atoms with van der Waals surface area (Å²) in [5, 5.41) is 3.98. The highest BCUT2D eigenvalue weighted by atomic mass is 15.4. The maximum atomic E-state index is 5.52. The molecule has 0 spiro atoms. The number of nitrogens with two attached hydrogens (primary N) is 2. The Morgan fingerprint density at radius 2 is 1.71 bits per heavy atom. The van der Waals surface area contributed by atoms with Gasteiger partial charge in [0.25, 0.3) is 0 Å². The minimum absolute atomic E-state index is 0.273. The Hall–Kier alpha value is -2.63. The number of benzene rings is 1. The first-order chi connectivity index (χ1) is 8.24. The molecule has 0 saturated heterocycles. The lowest BCUT2D eigenvalue weighted by molar-refractivity contribution is 1.13. The fourth-order valence-corrected chi connectivity index (χ4v) is 1.24. The molecular weight excluding hydrogens is 216 g/mol. The second kappa shape index (κ2) is 4.93. The second-order valence-electron chi connectivity index (χ2n) is 3.32. The quantitative estimate of drug-likeness (QED) is 0.539. The maximum Gasteiger partial charge on any atom is 0.247 e. The zero-order valence-corrected chi connectivity index (χ0v) is 9.04. The molecule has 2 aromatic rings. The summed E-state index contributed by atoms with van der Waals surface area (Å²) in [5.41, 5.74) is 14.7. The molecule has 86 valence electrons. The van der Waals surface area contributed by atoms with Crippen molar-refractivity contribution in [3.05, 3.63) is 42.0 Å². The first-order valence-electron chi connectivity index (χ1n) is 4.98. The number of anilines is 3. The van der Waals surface area contributed by atoms with E-state index in [-0.39, 0.29) is 5.95 Å². The molecule has 0 aliphatic rings. The molecule has 0 radical (unpaired) electrons. The summed E-state index contributed by atoms with van der Waals surface area (Å²) >= 11 is 0. The predicted octanol–water partition coefficient (Wildman–Crippen LogP) is 1.09. The Balaban J connectivity index is 2.05. The van der Waals surface area contributed by atoms with Crippen molar-refractivity contribution >= 4 is 23.8 Å². The fraction of sp³-hybridized carbons (Fsp3) is 0. The Morgan fingerprint density at radius 1 is 1.06 bits per heavy atom. The summed E-state index contributed by atoms with van der Waals surface area (Å²) in [6, 6.07) is 11.1. The average molecular weight is 228 g/mol. The van der Waals surface area contributed by atoms with E-state index in [1.807, 2.05) is 30.3 Å². The van der Waals surface area contributed by atoms with Crippen LogP contribution in [0.15, 0.2) is 41.5 Å². The van der Waals surface area contributed by atoms with E-state index < -0.39 is 0 Å². The minimum atomic E-state index is 0.273. The molecule has 1 heterocycles. The van der Waals surface area contributed by atoms with Crippen LogP contribution < -0.4 is 16.9 Å². The molecule has 0 unspecified atom stereocenters. The molecule has 1 aromatic carbocycles. The second-order valence-corrected chi connectivity index (χ2v) is 3.32. The number of hydrogen-bond donors (Lipinski definition) is 3. The van der Waals surface area contributed by atoms with Crippen molar-refractivity contribution in [2.24, 2.45) is 5.10 Å². The molecule has 0 saturated carbocycles. The monoisotopic (exact) mass is 228 g/mol. The Kier molecular flexibility index (Phi) is 3.15. The lowest BCUT2D eigenvalue weighted by atomic mass is 10.2. The number of nitrogens with zero attached hydrogens (tertiary/aromatic N) is 3. The topological polar surface area (TPSA) is 102 Å². The van der Waals surface area contributed by atoms with Crippen molar-refractivity contribution in [2.45, 2.75) is 0 Å². The highest BCUT2D eigenvalue weighted by molar-refractivity contribution is 5.79. The minimum Gasteiger partial charge on any atom is -0.383 e. The largest absolute Gasteiger partial charge is 0.383 e. The van der Waals surface area contributed by atoms with Crippen molar-refractivity contribution in [1.82, 2.24) is 9.97 Å². The van der Waals surface area contributed by atoms with Crippen LogP contribution in [-0.2, 0) is 0 Å². The number of hydrazone groups is 1. The molecule has 5 N–H and O–H groups in total. The van der Waals surface area contributed by atoms with Gasteiger partial charge in [-0.25, -0.2) is 5.43 Å². The van der Waals surface area contributed by atoms with Crippen molar-refractivity contribution in [3.63, 3.8) is 0 Å². The lowest BCUT2D eigenvalue weighted by Crippen LogP contribution is -2.03. The van der Waals surface area contributed by atoms with Crippen LogP contribution >= 0.6 is 0 Å². The third-order valence-corrected chi connectivity index (χ3v) is 1.94. The van der Waals surface area contributed by atoms with E-state index in [0.29, 0.717) is 11.6 Å². The molecule has 6 nitrogen and oxygen atoms in total. The molecule has 0 aliphatic heterocycles. The normalized spacial score (nSPS) is 10.6. The molecule has 0 bridgehead atoms. The van der Waals surface area contributed by atoms with Gasteiger partial charge >= 0.3 is 0 Å². The molecule has 0 fully saturated rings. The third-order valence-electron chi connectivity index (χ3n) is 1.94. The van der Waals surface area contributed by atoms with E-state index in [9.17, 15) is 0 Å². The van der Waals surface area contributed by atoms with Crippen LogP contribution in [0.25, 0.3) is 0 Å². The first kappa shape index (κ1) is 10.9. The molecule has 0 amide bonds. The van der Waals surface area contributed by atoms with E-state index >= 15 is 0 Å². The van der Waals surface area contributed by atoms with Crippen LogP contribution in [0.5, 0.6) is 0 Å². The summed E-state index contributed by atoms with van der Waals surface area (Å²) in [7, 11) is 0. The summed E-state index contributed by atoms with van der Waals surface area (Å²) in [5.74, 6) is 0.875. The highest BCUT2D eigenvalue weighted by Gasteiger charge is 1.97. The fourth-order valence-electron chi connectivity index (χ4n) is 1.24. The number of hydrogen-bond acceptors (Lipinski definition) is 6. The standard InChI is InChI=1S/C11H12N6/c12-9-6-10(13)16-11(15-9)17-14-7-8-4-2-1-3-5-8/h1-7H,(H5,12,13,15,16,17)/b14-7-. The Bertz CT molecular complexity index is 502. The van der Waals surface area contributed by atoms with Crippen molar-refractivity contribution in [3.8, 4) is 0 Å². The van der Waals surface area contributed by atoms with Gasteiger partial charge in [-0.1, -0.05) is 30.3 Å². The summed E-state index contributed by atoms with van der Waals surface area (Å²) in [4.78, 5) is 7.85. The van der Waals surface area contributed by atoms with Gasteiger partial charge in [0, 0.05) is 6.07 Å². The van der Waals surface area contributed by atoms with Gasteiger partial charge in [-0.05, 0) is 5.56 Å². The maximum absolute atomic E-state index is 5.52. The van der Waals surface area contributed by atoms with Gasteiger partial charge in [0.05, 0.1) is 6.21 Å². The van der Waals surface area contributed by atoms with Crippen LogP contribution in [0, 0.1) is 0 Å². The zero-order valence-electron chi connectivity index (χ0n) is 9.04. The average Bonchev–Trinajstić information content (AvgIpc) is 2.29. The van der Waals surface area contributed by atoms with Gasteiger partial charge in [0.2, 0.25) is 5.95 Å². The van der Waals surface area contributed by atoms with Crippen molar-refractivity contribution in [1.29, 1.82) is 0 Å². The molecule has 0 atom stereocenters. The van der Waals surface area contributed by atoms with E-state index in [4.69, 9.17) is 11.5 Å². The Labute approximate surface area is 98.4 Å². The van der Waals surface area contributed by atoms with Crippen LogP contribution in [0.4, 0.5) is 17.6 Å². The van der Waals surface area contributed by atoms with E-state index in [0.717, 1.165) is 5.56 Å². The van der Waals surface area contributed by atoms with Crippen LogP contribution in [0.2, 0.25) is 0 Å². The summed E-state index contributed by atoms with van der Waals surface area (Å²) < 4.78 is 0. The molecule has 6 heteroatoms. The Morgan fingerprint density at radius 3 is 2.35 bits per heavy atom. The van der Waals surface area contributed by atoms with Gasteiger partial charge in [0.1, 0.15) is 11.6 Å². The molecule has 17 heavy (non-hydrogen) atoms. The number of aromatic nitrogens is 2. The van der Waals surface area contributed by atoms with Crippen LogP contribution in [0.3, 0.4) is 0 Å². The van der Waals surface area contributed by atoms with E-state index in [1.54, 1.807) is 6.21 Å². The predicted molar refractivity (Wildman–Crippen MR) is 68.5 cm³/mol. The SMILES string of the molecule is Nc1cc(N)nc(N/N=C\c2ccccc2)n1. The van der Waals surface area contributed by atoms with Gasteiger partial charge in [-0.3, -0.25) is 0 Å². The van der Waals surface area contributed by atoms with Gasteiger partial charge in [0.15, 0.2) is 0 Å². The number of nitrogens with one attached hydrogen (secondary N) is 1. The zero-order chi connectivity index (χ0) is 12.1. The van der Waals surface area contributed by atoms with E-state index in [2.05, 4.69) is 20.5 Å². The molecule has 0 aliphatic carbocycles. The van der Waals surface area contributed by atoms with Crippen molar-refractivity contribution in [2.75, 3.05) is 16.9 Å². The number of rotatable bonds is 3. The smallest absolute Gasteiger partial charge is 0.247 e. The molecular formula is C11H12N6. The van der Waals surface area contributed by atoms with Crippen LogP contribution in [-0.4, -0.2) is 16.2 Å². The first-order valence-corrected chi connectivity index (χ1v) is 4.98. The van der Waals surface area contributed by atoms with Gasteiger partial charge < -0.3 is 11.5 Å². The molecule has 2 rings (SSSR count). The highest BCUT2D eigenvalue weighted by Crippen LogP contribution is 2.07. The van der Waals surface area contributed by atoms with Gasteiger partial charge in [-0.15, -0.1) is 0 Å². The third kappa shape index (κ3) is 3.16. The summed E-state index contributed by atoms with van der Waals surface area (Å²) in [6.07, 6.45) is 1.66. The van der Waals surface area contributed by atoms with Crippen molar-refractivity contribution < 1.29 is 0 Å². The lowest BCUT2D eigenvalue weighted by Gasteiger charge is -2.00. The number of nitrogen functional groups attached to an aromatic ring is 2. The molecule has 1 aromatic heterocycles. The van der Waals surface area contributed by atoms with Crippen LogP contribution in [0.1, 0.15) is 5.56 Å². The summed E-state index contributed by atoms with van der Waals surface area (Å²) in [6.45, 7) is 0. The van der Waals surface area contributed by atoms with E-state index in [1.165, 1.54) is 6.07 Å².